The first-order valence-corrected chi connectivity index (χ1v) is 7.63. The summed E-state index contributed by atoms with van der Waals surface area (Å²) in [5.41, 5.74) is 2.93. The van der Waals surface area contributed by atoms with E-state index >= 15 is 0 Å². The molecule has 3 rings (SSSR count). The van der Waals surface area contributed by atoms with Crippen LogP contribution in [0.2, 0.25) is 5.02 Å². The van der Waals surface area contributed by atoms with Crippen molar-refractivity contribution in [3.8, 4) is 17.0 Å². The third-order valence-electron chi connectivity index (χ3n) is 2.97. The van der Waals surface area contributed by atoms with Crippen LogP contribution in [0.25, 0.3) is 11.3 Å². The molecule has 0 spiro atoms. The van der Waals surface area contributed by atoms with E-state index in [1.807, 2.05) is 53.9 Å². The van der Waals surface area contributed by atoms with Gasteiger partial charge in [-0.15, -0.1) is 11.3 Å². The number of halogens is 1. The lowest BCUT2D eigenvalue weighted by Crippen LogP contribution is -1.89. The minimum absolute atomic E-state index is 0.701. The number of nitrogens with zero attached hydrogens (tertiary/aromatic N) is 1. The summed E-state index contributed by atoms with van der Waals surface area (Å²) in [5.74, 6) is 0.839. The van der Waals surface area contributed by atoms with Crippen LogP contribution >= 0.6 is 22.9 Å². The lowest BCUT2D eigenvalue weighted by molar-refractivity contribution is 0.415. The van der Waals surface area contributed by atoms with Crippen LogP contribution in [-0.2, 0) is 0 Å². The molecule has 3 aromatic rings. The van der Waals surface area contributed by atoms with E-state index in [0.717, 1.165) is 27.8 Å². The van der Waals surface area contributed by atoms with Crippen LogP contribution in [0.3, 0.4) is 0 Å². The Morgan fingerprint density at radius 3 is 2.67 bits per heavy atom. The fourth-order valence-corrected chi connectivity index (χ4v) is 2.85. The number of rotatable bonds is 4. The second-order valence-corrected chi connectivity index (χ2v) is 5.70. The van der Waals surface area contributed by atoms with Gasteiger partial charge in [-0.05, 0) is 42.5 Å². The van der Waals surface area contributed by atoms with Crippen molar-refractivity contribution in [1.29, 1.82) is 0 Å². The zero-order valence-corrected chi connectivity index (χ0v) is 12.9. The summed E-state index contributed by atoms with van der Waals surface area (Å²) in [4.78, 5) is 4.58. The quantitative estimate of drug-likeness (QED) is 0.717. The molecule has 0 unspecified atom stereocenters. The molecular formula is C16H13ClN2OS. The van der Waals surface area contributed by atoms with Gasteiger partial charge in [-0.1, -0.05) is 17.7 Å². The van der Waals surface area contributed by atoms with Crippen LogP contribution in [0.5, 0.6) is 5.75 Å². The van der Waals surface area contributed by atoms with Gasteiger partial charge in [-0.3, -0.25) is 0 Å². The van der Waals surface area contributed by atoms with Gasteiger partial charge in [0, 0.05) is 21.7 Å². The van der Waals surface area contributed by atoms with Gasteiger partial charge < -0.3 is 10.1 Å². The van der Waals surface area contributed by atoms with Gasteiger partial charge in [0.25, 0.3) is 0 Å². The van der Waals surface area contributed by atoms with E-state index in [9.17, 15) is 0 Å². The number of anilines is 2. The SMILES string of the molecule is COc1ccc(-c2csc(Nc3cccc(Cl)c3)n2)cc1. The average molecular weight is 317 g/mol. The van der Waals surface area contributed by atoms with Crippen LogP contribution in [-0.4, -0.2) is 12.1 Å². The molecule has 0 atom stereocenters. The highest BCUT2D eigenvalue weighted by atomic mass is 35.5. The van der Waals surface area contributed by atoms with Gasteiger partial charge in [-0.25, -0.2) is 4.98 Å². The van der Waals surface area contributed by atoms with Crippen molar-refractivity contribution in [3.05, 3.63) is 58.9 Å². The van der Waals surface area contributed by atoms with Crippen molar-refractivity contribution in [2.45, 2.75) is 0 Å². The first-order chi connectivity index (χ1) is 10.2. The molecule has 1 N–H and O–H groups in total. The third-order valence-corrected chi connectivity index (χ3v) is 3.96. The topological polar surface area (TPSA) is 34.1 Å². The fraction of sp³-hybridized carbons (Fsp3) is 0.0625. The summed E-state index contributed by atoms with van der Waals surface area (Å²) in [6, 6.07) is 15.4. The monoisotopic (exact) mass is 316 g/mol. The molecule has 0 aliphatic heterocycles. The highest BCUT2D eigenvalue weighted by Gasteiger charge is 2.05. The van der Waals surface area contributed by atoms with Crippen molar-refractivity contribution in [2.24, 2.45) is 0 Å². The molecule has 106 valence electrons. The van der Waals surface area contributed by atoms with E-state index in [2.05, 4.69) is 10.3 Å². The summed E-state index contributed by atoms with van der Waals surface area (Å²) in [6.07, 6.45) is 0. The first-order valence-electron chi connectivity index (χ1n) is 6.37. The molecule has 0 bridgehead atoms. The number of aromatic nitrogens is 1. The Balaban J connectivity index is 1.79. The molecule has 2 aromatic carbocycles. The molecule has 1 heterocycles. The maximum absolute atomic E-state index is 5.97. The Labute approximate surface area is 132 Å². The van der Waals surface area contributed by atoms with E-state index < -0.39 is 0 Å². The van der Waals surface area contributed by atoms with E-state index in [0.29, 0.717) is 5.02 Å². The molecule has 5 heteroatoms. The summed E-state index contributed by atoms with van der Waals surface area (Å²) in [5, 5.41) is 6.82. The van der Waals surface area contributed by atoms with E-state index in [1.165, 1.54) is 0 Å². The van der Waals surface area contributed by atoms with E-state index in [1.54, 1.807) is 18.4 Å². The average Bonchev–Trinajstić information content (AvgIpc) is 2.96. The summed E-state index contributed by atoms with van der Waals surface area (Å²) < 4.78 is 5.16. The molecule has 0 aliphatic carbocycles. The summed E-state index contributed by atoms with van der Waals surface area (Å²) in [7, 11) is 1.66. The van der Waals surface area contributed by atoms with Crippen molar-refractivity contribution in [2.75, 3.05) is 12.4 Å². The van der Waals surface area contributed by atoms with Crippen LogP contribution in [0, 0.1) is 0 Å². The molecule has 3 nitrogen and oxygen atoms in total. The molecule has 0 fully saturated rings. The van der Waals surface area contributed by atoms with Crippen molar-refractivity contribution in [1.82, 2.24) is 4.98 Å². The third kappa shape index (κ3) is 3.35. The normalized spacial score (nSPS) is 10.4. The number of nitrogens with one attached hydrogen (secondary N) is 1. The highest BCUT2D eigenvalue weighted by Crippen LogP contribution is 2.28. The largest absolute Gasteiger partial charge is 0.497 e. The highest BCUT2D eigenvalue weighted by molar-refractivity contribution is 7.14. The Morgan fingerprint density at radius 2 is 1.95 bits per heavy atom. The summed E-state index contributed by atoms with van der Waals surface area (Å²) >= 11 is 7.53. The Bertz CT molecular complexity index is 740. The molecule has 1 aromatic heterocycles. The maximum Gasteiger partial charge on any atom is 0.187 e. The standard InChI is InChI=1S/C16H13ClN2OS/c1-20-14-7-5-11(6-8-14)15-10-21-16(19-15)18-13-4-2-3-12(17)9-13/h2-10H,1H3,(H,18,19). The second-order valence-electron chi connectivity index (χ2n) is 4.40. The molecule has 0 saturated heterocycles. The van der Waals surface area contributed by atoms with Gasteiger partial charge in [0.1, 0.15) is 5.75 Å². The Morgan fingerprint density at radius 1 is 1.14 bits per heavy atom. The van der Waals surface area contributed by atoms with Gasteiger partial charge in [0.05, 0.1) is 12.8 Å². The minimum Gasteiger partial charge on any atom is -0.497 e. The van der Waals surface area contributed by atoms with E-state index in [-0.39, 0.29) is 0 Å². The van der Waals surface area contributed by atoms with Gasteiger partial charge in [0.2, 0.25) is 0 Å². The fourth-order valence-electron chi connectivity index (χ4n) is 1.92. The van der Waals surface area contributed by atoms with Crippen LogP contribution in [0.4, 0.5) is 10.8 Å². The van der Waals surface area contributed by atoms with Gasteiger partial charge >= 0.3 is 0 Å². The van der Waals surface area contributed by atoms with Crippen LogP contribution < -0.4 is 10.1 Å². The maximum atomic E-state index is 5.97. The van der Waals surface area contributed by atoms with Crippen molar-refractivity contribution in [3.63, 3.8) is 0 Å². The first kappa shape index (κ1) is 13.9. The van der Waals surface area contributed by atoms with Crippen molar-refractivity contribution < 1.29 is 4.74 Å². The van der Waals surface area contributed by atoms with Gasteiger partial charge in [0.15, 0.2) is 5.13 Å². The molecule has 0 aliphatic rings. The number of hydrogen-bond acceptors (Lipinski definition) is 4. The second kappa shape index (κ2) is 6.16. The molecule has 0 saturated carbocycles. The number of hydrogen-bond donors (Lipinski definition) is 1. The van der Waals surface area contributed by atoms with E-state index in [4.69, 9.17) is 16.3 Å². The number of benzene rings is 2. The number of ether oxygens (including phenoxy) is 1. The zero-order chi connectivity index (χ0) is 14.7. The lowest BCUT2D eigenvalue weighted by atomic mass is 10.2. The number of methoxy groups -OCH3 is 1. The van der Waals surface area contributed by atoms with Crippen molar-refractivity contribution >= 4 is 33.8 Å². The molecule has 0 amide bonds. The predicted molar refractivity (Wildman–Crippen MR) is 88.8 cm³/mol. The smallest absolute Gasteiger partial charge is 0.187 e. The zero-order valence-electron chi connectivity index (χ0n) is 11.3. The molecular weight excluding hydrogens is 304 g/mol. The number of thiazole rings is 1. The molecule has 21 heavy (non-hydrogen) atoms. The summed E-state index contributed by atoms with van der Waals surface area (Å²) in [6.45, 7) is 0. The lowest BCUT2D eigenvalue weighted by Gasteiger charge is -2.02. The van der Waals surface area contributed by atoms with Gasteiger partial charge in [-0.2, -0.15) is 0 Å². The minimum atomic E-state index is 0.701. The van der Waals surface area contributed by atoms with Crippen LogP contribution in [0.15, 0.2) is 53.9 Å². The Kier molecular flexibility index (Phi) is 4.08. The predicted octanol–water partition coefficient (Wildman–Crippen LogP) is 5.22. The van der Waals surface area contributed by atoms with Crippen LogP contribution in [0.1, 0.15) is 0 Å². The molecule has 0 radical (unpaired) electrons. The Hall–Kier alpha value is -2.04.